The van der Waals surface area contributed by atoms with Gasteiger partial charge in [-0.15, -0.1) is 0 Å². The minimum absolute atomic E-state index is 0.454. The monoisotopic (exact) mass is 504 g/mol. The van der Waals surface area contributed by atoms with Gasteiger partial charge in [0.15, 0.2) is 23.0 Å². The Labute approximate surface area is 164 Å². The largest absolute Gasteiger partial charge is 0.490 e. The first-order valence-corrected chi connectivity index (χ1v) is 12.0. The molecule has 20 heteroatoms. The molecule has 3 unspecified atom stereocenters. The second kappa shape index (κ2) is 8.11. The van der Waals surface area contributed by atoms with Crippen LogP contribution < -0.4 is 5.56 Å². The van der Waals surface area contributed by atoms with Crippen molar-refractivity contribution in [2.24, 2.45) is 0 Å². The summed E-state index contributed by atoms with van der Waals surface area (Å²) in [6, 6.07) is 0. The number of aromatic amines is 1. The van der Waals surface area contributed by atoms with Crippen molar-refractivity contribution in [1.29, 1.82) is 0 Å². The van der Waals surface area contributed by atoms with Crippen LogP contribution in [0.5, 0.6) is 0 Å². The average molecular weight is 504 g/mol. The molecule has 1 fully saturated rings. The molecule has 0 spiro atoms. The lowest BCUT2D eigenvalue weighted by molar-refractivity contribution is -0.120. The van der Waals surface area contributed by atoms with Crippen molar-refractivity contribution in [3.05, 3.63) is 27.1 Å². The maximum atomic E-state index is 14.8. The first-order valence-electron chi connectivity index (χ1n) is 7.08. The third-order valence-corrected chi connectivity index (χ3v) is 7.35. The maximum absolute atomic E-state index is 14.8. The van der Waals surface area contributed by atoms with Gasteiger partial charge < -0.3 is 24.3 Å². The summed E-state index contributed by atoms with van der Waals surface area (Å²) in [5.41, 5.74) is -3.60. The first-order chi connectivity index (χ1) is 12.9. The summed E-state index contributed by atoms with van der Waals surface area (Å²) >= 11 is 4.77. The summed E-state index contributed by atoms with van der Waals surface area (Å²) in [7, 11) is -17.0. The molecule has 0 aliphatic carbocycles. The molecule has 0 amide bonds. The molecule has 0 bridgehead atoms. The standard InChI is InChI=1S/C9H13F2N2O12P3S/c1-9(11)2-5(22-7(9)13-3-4(10)6(14)12-8(13)29)23-27(18,19)25-28(20,21)24-26(15,16)17/h3,5,7H,2H2,1H3,(H,18,19)(H,20,21)(H,12,14,29)(H2,15,16,17)/t5-,7-,9?/m1/s1. The van der Waals surface area contributed by atoms with Crippen LogP contribution in [-0.2, 0) is 31.6 Å². The molecule has 0 radical (unpaired) electrons. The van der Waals surface area contributed by atoms with Crippen LogP contribution in [0, 0.1) is 10.6 Å². The van der Waals surface area contributed by atoms with Gasteiger partial charge in [-0.3, -0.25) is 18.9 Å². The lowest BCUT2D eigenvalue weighted by atomic mass is 10.1. The number of hydrogen-bond acceptors (Lipinski definition) is 9. The second-order valence-electron chi connectivity index (χ2n) is 5.74. The Morgan fingerprint density at radius 2 is 1.86 bits per heavy atom. The van der Waals surface area contributed by atoms with Crippen molar-refractivity contribution in [1.82, 2.24) is 9.55 Å². The van der Waals surface area contributed by atoms with Crippen LogP contribution in [0.25, 0.3) is 0 Å². The molecule has 2 rings (SSSR count). The fourth-order valence-corrected chi connectivity index (χ4v) is 5.58. The number of nitrogens with one attached hydrogen (secondary N) is 1. The van der Waals surface area contributed by atoms with Gasteiger partial charge in [-0.05, 0) is 19.1 Å². The highest BCUT2D eigenvalue weighted by Crippen LogP contribution is 2.67. The molecule has 1 aromatic rings. The fraction of sp³-hybridized carbons (Fsp3) is 0.556. The van der Waals surface area contributed by atoms with E-state index in [0.29, 0.717) is 10.8 Å². The lowest BCUT2D eigenvalue weighted by Crippen LogP contribution is -2.30. The summed E-state index contributed by atoms with van der Waals surface area (Å²) in [6.07, 6.45) is -3.98. The minimum Gasteiger partial charge on any atom is -0.325 e. The second-order valence-corrected chi connectivity index (χ2v) is 10.5. The smallest absolute Gasteiger partial charge is 0.325 e. The van der Waals surface area contributed by atoms with Crippen LogP contribution >= 0.6 is 35.7 Å². The Balaban J connectivity index is 2.20. The third-order valence-electron chi connectivity index (χ3n) is 3.21. The van der Waals surface area contributed by atoms with E-state index in [1.807, 2.05) is 4.98 Å². The molecule has 14 nitrogen and oxygen atoms in total. The number of nitrogens with zero attached hydrogens (tertiary/aromatic N) is 1. The summed E-state index contributed by atoms with van der Waals surface area (Å²) in [5.74, 6) is -1.34. The molecular weight excluding hydrogens is 491 g/mol. The maximum Gasteiger partial charge on any atom is 0.490 e. The van der Waals surface area contributed by atoms with Gasteiger partial charge in [-0.1, -0.05) is 0 Å². The number of phosphoric acid groups is 3. The highest BCUT2D eigenvalue weighted by atomic mass is 32.1. The zero-order chi connectivity index (χ0) is 22.4. The van der Waals surface area contributed by atoms with Gasteiger partial charge in [0.05, 0.1) is 6.20 Å². The normalized spacial score (nSPS) is 29.3. The van der Waals surface area contributed by atoms with E-state index in [-0.39, 0.29) is 0 Å². The highest BCUT2D eigenvalue weighted by Gasteiger charge is 2.51. The van der Waals surface area contributed by atoms with Crippen LogP contribution in [0.4, 0.5) is 8.78 Å². The Morgan fingerprint density at radius 3 is 2.41 bits per heavy atom. The number of rotatable bonds is 7. The molecule has 166 valence electrons. The van der Waals surface area contributed by atoms with Crippen LogP contribution in [-0.4, -0.2) is 41.1 Å². The van der Waals surface area contributed by atoms with E-state index in [4.69, 9.17) is 31.6 Å². The van der Waals surface area contributed by atoms with Crippen molar-refractivity contribution in [3.63, 3.8) is 0 Å². The van der Waals surface area contributed by atoms with Crippen molar-refractivity contribution in [3.8, 4) is 0 Å². The predicted molar refractivity (Wildman–Crippen MR) is 88.8 cm³/mol. The van der Waals surface area contributed by atoms with Crippen LogP contribution in [0.3, 0.4) is 0 Å². The fourth-order valence-electron chi connectivity index (χ4n) is 2.26. The van der Waals surface area contributed by atoms with E-state index < -0.39 is 64.2 Å². The molecule has 5 N–H and O–H groups in total. The molecular formula is C9H13F2N2O12P3S. The molecule has 5 atom stereocenters. The van der Waals surface area contributed by atoms with E-state index in [1.54, 1.807) is 0 Å². The average Bonchev–Trinajstić information content (AvgIpc) is 2.72. The molecule has 29 heavy (non-hydrogen) atoms. The van der Waals surface area contributed by atoms with Gasteiger partial charge in [-0.2, -0.15) is 13.0 Å². The molecule has 0 aromatic carbocycles. The van der Waals surface area contributed by atoms with Gasteiger partial charge in [0, 0.05) is 6.42 Å². The SMILES string of the molecule is CC1(F)C[C@@H](OP(=O)(O)OP(=O)(O)OP(=O)(O)O)O[C@H]1n1cc(F)c(=O)[nH]c1=S. The molecule has 1 aromatic heterocycles. The molecule has 1 aliphatic heterocycles. The van der Waals surface area contributed by atoms with Gasteiger partial charge in [0.1, 0.15) is 0 Å². The first kappa shape index (κ1) is 24.6. The Morgan fingerprint density at radius 1 is 1.28 bits per heavy atom. The van der Waals surface area contributed by atoms with Crippen molar-refractivity contribution >= 4 is 35.7 Å². The molecule has 2 heterocycles. The molecule has 1 saturated heterocycles. The van der Waals surface area contributed by atoms with E-state index >= 15 is 0 Å². The summed E-state index contributed by atoms with van der Waals surface area (Å²) < 4.78 is 78.6. The van der Waals surface area contributed by atoms with Crippen molar-refractivity contribution in [2.75, 3.05) is 0 Å². The number of ether oxygens (including phenoxy) is 1. The topological polar surface area (TPSA) is 207 Å². The highest BCUT2D eigenvalue weighted by molar-refractivity contribution is 7.71. The van der Waals surface area contributed by atoms with Gasteiger partial charge in [0.2, 0.25) is 5.82 Å². The minimum atomic E-state index is -5.78. The van der Waals surface area contributed by atoms with E-state index in [0.717, 1.165) is 6.92 Å². The Kier molecular flexibility index (Phi) is 6.88. The molecule has 0 saturated carbocycles. The van der Waals surface area contributed by atoms with Crippen molar-refractivity contribution < 1.29 is 59.9 Å². The zero-order valence-electron chi connectivity index (χ0n) is 13.9. The zero-order valence-corrected chi connectivity index (χ0v) is 17.4. The number of phosphoric ester groups is 1. The number of aromatic nitrogens is 2. The number of H-pyrrole nitrogens is 1. The summed E-state index contributed by atoms with van der Waals surface area (Å²) in [4.78, 5) is 48.6. The predicted octanol–water partition coefficient (Wildman–Crippen LogP) is 1.36. The lowest BCUT2D eigenvalue weighted by Gasteiger charge is -2.23. The summed E-state index contributed by atoms with van der Waals surface area (Å²) in [6.45, 7) is 0.919. The van der Waals surface area contributed by atoms with E-state index in [1.165, 1.54) is 0 Å². The van der Waals surface area contributed by atoms with Gasteiger partial charge in [0.25, 0.3) is 5.56 Å². The van der Waals surface area contributed by atoms with Crippen LogP contribution in [0.15, 0.2) is 11.0 Å². The van der Waals surface area contributed by atoms with Gasteiger partial charge in [-0.25, -0.2) is 18.1 Å². The van der Waals surface area contributed by atoms with Crippen molar-refractivity contribution in [2.45, 2.75) is 31.5 Å². The number of alkyl halides is 1. The van der Waals surface area contributed by atoms with E-state index in [9.17, 15) is 32.2 Å². The third kappa shape index (κ3) is 6.66. The Hall–Kier alpha value is -0.670. The van der Waals surface area contributed by atoms with Crippen LogP contribution in [0.2, 0.25) is 0 Å². The summed E-state index contributed by atoms with van der Waals surface area (Å²) in [5, 5.41) is 0. The molecule has 1 aliphatic rings. The number of halogens is 2. The Bertz CT molecular complexity index is 1050. The number of hydrogen-bond donors (Lipinski definition) is 5. The quantitative estimate of drug-likeness (QED) is 0.263. The van der Waals surface area contributed by atoms with Crippen LogP contribution in [0.1, 0.15) is 19.6 Å². The van der Waals surface area contributed by atoms with E-state index in [2.05, 4.69) is 13.1 Å². The van der Waals surface area contributed by atoms with Gasteiger partial charge >= 0.3 is 23.5 Å².